The molecule has 0 fully saturated rings. The van der Waals surface area contributed by atoms with Gasteiger partial charge in [0.25, 0.3) is 0 Å². The number of nitrogens with zero attached hydrogens (tertiary/aromatic N) is 2. The Kier molecular flexibility index (Phi) is 7.15. The summed E-state index contributed by atoms with van der Waals surface area (Å²) >= 11 is 2.34. The van der Waals surface area contributed by atoms with Gasteiger partial charge in [-0.1, -0.05) is 20.3 Å². The molecule has 0 saturated carbocycles. The molecule has 0 aliphatic rings. The lowest BCUT2D eigenvalue weighted by Gasteiger charge is -2.27. The van der Waals surface area contributed by atoms with Crippen LogP contribution in [-0.2, 0) is 16.8 Å². The first-order valence-electron chi connectivity index (χ1n) is 7.47. The molecule has 1 rings (SSSR count). The standard InChI is InChI=1S/C15H26IN3O/c1-6-10-11-12(16)13(17-8-3)19-14(18-11)15(5,7-2)20-9-4/h6-10H2,1-5H3,(H,17,18,19). The van der Waals surface area contributed by atoms with Crippen molar-refractivity contribution in [2.75, 3.05) is 18.5 Å². The second-order valence-electron chi connectivity index (χ2n) is 4.95. The number of halogens is 1. The number of hydrogen-bond donors (Lipinski definition) is 1. The molecular weight excluding hydrogens is 365 g/mol. The summed E-state index contributed by atoms with van der Waals surface area (Å²) in [4.78, 5) is 9.49. The minimum absolute atomic E-state index is 0.411. The van der Waals surface area contributed by atoms with E-state index in [1.807, 2.05) is 6.92 Å². The first kappa shape index (κ1) is 17.6. The zero-order valence-electron chi connectivity index (χ0n) is 13.2. The fourth-order valence-corrected chi connectivity index (χ4v) is 2.76. The van der Waals surface area contributed by atoms with Crippen LogP contribution in [0.15, 0.2) is 0 Å². The van der Waals surface area contributed by atoms with Crippen LogP contribution in [0.1, 0.15) is 59.0 Å². The molecule has 1 atom stereocenters. The van der Waals surface area contributed by atoms with Gasteiger partial charge >= 0.3 is 0 Å². The highest BCUT2D eigenvalue weighted by atomic mass is 127. The summed E-state index contributed by atoms with van der Waals surface area (Å²) in [5.74, 6) is 1.72. The molecule has 1 N–H and O–H groups in total. The predicted molar refractivity (Wildman–Crippen MR) is 92.2 cm³/mol. The minimum Gasteiger partial charge on any atom is -0.369 e. The van der Waals surface area contributed by atoms with Crippen LogP contribution in [0, 0.1) is 3.57 Å². The number of hydrogen-bond acceptors (Lipinski definition) is 4. The Hall–Kier alpha value is -0.430. The van der Waals surface area contributed by atoms with Gasteiger partial charge in [0, 0.05) is 13.2 Å². The third kappa shape index (κ3) is 4.04. The SMILES string of the molecule is CCCc1nc(C(C)(CC)OCC)nc(NCC)c1I. The lowest BCUT2D eigenvalue weighted by atomic mass is 10.0. The van der Waals surface area contributed by atoms with Gasteiger partial charge in [0.1, 0.15) is 11.4 Å². The molecule has 1 heterocycles. The van der Waals surface area contributed by atoms with Crippen LogP contribution in [-0.4, -0.2) is 23.1 Å². The van der Waals surface area contributed by atoms with E-state index >= 15 is 0 Å². The van der Waals surface area contributed by atoms with E-state index in [-0.39, 0.29) is 0 Å². The van der Waals surface area contributed by atoms with Crippen LogP contribution in [0.3, 0.4) is 0 Å². The smallest absolute Gasteiger partial charge is 0.162 e. The van der Waals surface area contributed by atoms with Crippen LogP contribution in [0.25, 0.3) is 0 Å². The van der Waals surface area contributed by atoms with Crippen molar-refractivity contribution in [3.63, 3.8) is 0 Å². The number of rotatable bonds is 8. The maximum Gasteiger partial charge on any atom is 0.162 e. The number of anilines is 1. The molecule has 114 valence electrons. The van der Waals surface area contributed by atoms with E-state index in [0.717, 1.165) is 46.7 Å². The molecule has 0 radical (unpaired) electrons. The highest BCUT2D eigenvalue weighted by molar-refractivity contribution is 14.1. The minimum atomic E-state index is -0.411. The first-order valence-corrected chi connectivity index (χ1v) is 8.54. The lowest BCUT2D eigenvalue weighted by molar-refractivity contribution is -0.0391. The molecule has 0 aromatic carbocycles. The van der Waals surface area contributed by atoms with Gasteiger partial charge in [0.15, 0.2) is 5.82 Å². The predicted octanol–water partition coefficient (Wildman–Crippen LogP) is 4.13. The van der Waals surface area contributed by atoms with Crippen LogP contribution in [0.2, 0.25) is 0 Å². The number of aromatic nitrogens is 2. The molecule has 0 bridgehead atoms. The summed E-state index contributed by atoms with van der Waals surface area (Å²) in [7, 11) is 0. The molecule has 0 saturated heterocycles. The van der Waals surface area contributed by atoms with Crippen molar-refractivity contribution in [2.45, 2.75) is 59.5 Å². The molecule has 5 heteroatoms. The molecule has 1 unspecified atom stereocenters. The average Bonchev–Trinajstić information content (AvgIpc) is 2.43. The summed E-state index contributed by atoms with van der Waals surface area (Å²) in [5, 5.41) is 3.34. The van der Waals surface area contributed by atoms with Gasteiger partial charge in [-0.3, -0.25) is 0 Å². The quantitative estimate of drug-likeness (QED) is 0.677. The Morgan fingerprint density at radius 2 is 1.90 bits per heavy atom. The van der Waals surface area contributed by atoms with Crippen LogP contribution < -0.4 is 5.32 Å². The van der Waals surface area contributed by atoms with E-state index in [1.165, 1.54) is 0 Å². The Morgan fingerprint density at radius 3 is 2.40 bits per heavy atom. The molecule has 4 nitrogen and oxygen atoms in total. The molecule has 0 aliphatic carbocycles. The van der Waals surface area contributed by atoms with Crippen molar-refractivity contribution in [2.24, 2.45) is 0 Å². The fourth-order valence-electron chi connectivity index (χ4n) is 2.06. The topological polar surface area (TPSA) is 47.0 Å². The van der Waals surface area contributed by atoms with Crippen LogP contribution in [0.4, 0.5) is 5.82 Å². The molecule has 0 amide bonds. The Morgan fingerprint density at radius 1 is 1.20 bits per heavy atom. The van der Waals surface area contributed by atoms with Crippen molar-refractivity contribution in [1.29, 1.82) is 0 Å². The zero-order chi connectivity index (χ0) is 15.2. The molecule has 20 heavy (non-hydrogen) atoms. The van der Waals surface area contributed by atoms with Crippen molar-refractivity contribution in [3.8, 4) is 0 Å². The van der Waals surface area contributed by atoms with Gasteiger partial charge in [0.2, 0.25) is 0 Å². The van der Waals surface area contributed by atoms with Crippen molar-refractivity contribution in [1.82, 2.24) is 9.97 Å². The summed E-state index contributed by atoms with van der Waals surface area (Å²) in [6.45, 7) is 12.0. The van der Waals surface area contributed by atoms with Gasteiger partial charge in [0.05, 0.1) is 9.26 Å². The highest BCUT2D eigenvalue weighted by Crippen LogP contribution is 2.30. The van der Waals surface area contributed by atoms with Crippen molar-refractivity contribution < 1.29 is 4.74 Å². The normalized spacial score (nSPS) is 14.1. The largest absolute Gasteiger partial charge is 0.369 e. The second kappa shape index (κ2) is 8.12. The molecular formula is C15H26IN3O. The van der Waals surface area contributed by atoms with Crippen LogP contribution in [0.5, 0.6) is 0 Å². The Labute approximate surface area is 136 Å². The van der Waals surface area contributed by atoms with Gasteiger partial charge in [-0.25, -0.2) is 9.97 Å². The van der Waals surface area contributed by atoms with E-state index in [1.54, 1.807) is 0 Å². The molecule has 1 aromatic heterocycles. The van der Waals surface area contributed by atoms with E-state index < -0.39 is 5.60 Å². The zero-order valence-corrected chi connectivity index (χ0v) is 15.4. The summed E-state index contributed by atoms with van der Waals surface area (Å²) in [6, 6.07) is 0. The van der Waals surface area contributed by atoms with Gasteiger partial charge < -0.3 is 10.1 Å². The Balaban J connectivity index is 3.31. The average molecular weight is 391 g/mol. The lowest BCUT2D eigenvalue weighted by Crippen LogP contribution is -2.29. The van der Waals surface area contributed by atoms with Crippen molar-refractivity contribution >= 4 is 28.4 Å². The van der Waals surface area contributed by atoms with E-state index in [9.17, 15) is 0 Å². The third-order valence-corrected chi connectivity index (χ3v) is 4.49. The summed E-state index contributed by atoms with van der Waals surface area (Å²) < 4.78 is 7.05. The van der Waals surface area contributed by atoms with Crippen molar-refractivity contribution in [3.05, 3.63) is 15.1 Å². The molecule has 0 spiro atoms. The number of nitrogens with one attached hydrogen (secondary N) is 1. The third-order valence-electron chi connectivity index (χ3n) is 3.36. The highest BCUT2D eigenvalue weighted by Gasteiger charge is 2.30. The maximum absolute atomic E-state index is 5.92. The summed E-state index contributed by atoms with van der Waals surface area (Å²) in [6.07, 6.45) is 2.91. The van der Waals surface area contributed by atoms with Gasteiger partial charge in [-0.2, -0.15) is 0 Å². The Bertz CT molecular complexity index is 412. The van der Waals surface area contributed by atoms with E-state index in [4.69, 9.17) is 14.7 Å². The van der Waals surface area contributed by atoms with Gasteiger partial charge in [-0.15, -0.1) is 0 Å². The fraction of sp³-hybridized carbons (Fsp3) is 0.733. The first-order chi connectivity index (χ1) is 9.52. The summed E-state index contributed by atoms with van der Waals surface area (Å²) in [5.41, 5.74) is 0.708. The number of aryl methyl sites for hydroxylation is 1. The second-order valence-corrected chi connectivity index (χ2v) is 6.03. The maximum atomic E-state index is 5.92. The molecule has 0 aliphatic heterocycles. The van der Waals surface area contributed by atoms with E-state index in [0.29, 0.717) is 6.61 Å². The number of ether oxygens (including phenoxy) is 1. The van der Waals surface area contributed by atoms with Crippen LogP contribution >= 0.6 is 22.6 Å². The monoisotopic (exact) mass is 391 g/mol. The van der Waals surface area contributed by atoms with E-state index in [2.05, 4.69) is 55.6 Å². The molecule has 1 aromatic rings. The van der Waals surface area contributed by atoms with Gasteiger partial charge in [-0.05, 0) is 56.2 Å².